The van der Waals surface area contributed by atoms with E-state index in [9.17, 15) is 9.59 Å². The summed E-state index contributed by atoms with van der Waals surface area (Å²) in [5.74, 6) is 0.843. The second-order valence-electron chi connectivity index (χ2n) is 8.08. The van der Waals surface area contributed by atoms with Gasteiger partial charge in [-0.1, -0.05) is 38.1 Å². The average Bonchev–Trinajstić information content (AvgIpc) is 2.82. The van der Waals surface area contributed by atoms with Crippen molar-refractivity contribution in [3.8, 4) is 5.75 Å². The van der Waals surface area contributed by atoms with Gasteiger partial charge in [-0.05, 0) is 36.2 Å². The zero-order valence-electron chi connectivity index (χ0n) is 18.2. The lowest BCUT2D eigenvalue weighted by molar-refractivity contribution is 0.0536. The van der Waals surface area contributed by atoms with Gasteiger partial charge in [0.05, 0.1) is 18.2 Å². The minimum absolute atomic E-state index is 0.00557. The number of methoxy groups -OCH3 is 1. The molecule has 0 aliphatic carbocycles. The molecule has 160 valence electrons. The predicted octanol–water partition coefficient (Wildman–Crippen LogP) is 3.97. The van der Waals surface area contributed by atoms with Crippen molar-refractivity contribution in [2.24, 2.45) is 0 Å². The Balaban J connectivity index is 1.51. The number of carbonyl (C=O) groups excluding carboxylic acids is 2. The highest BCUT2D eigenvalue weighted by atomic mass is 16.5. The highest BCUT2D eigenvalue weighted by molar-refractivity contribution is 6.06. The van der Waals surface area contributed by atoms with Crippen molar-refractivity contribution in [1.82, 2.24) is 14.8 Å². The topological polar surface area (TPSA) is 62.7 Å². The first kappa shape index (κ1) is 20.8. The summed E-state index contributed by atoms with van der Waals surface area (Å²) < 4.78 is 5.22. The zero-order chi connectivity index (χ0) is 22.0. The van der Waals surface area contributed by atoms with Gasteiger partial charge >= 0.3 is 0 Å². The first-order valence-electron chi connectivity index (χ1n) is 10.6. The molecular weight excluding hydrogens is 390 g/mol. The molecule has 31 heavy (non-hydrogen) atoms. The van der Waals surface area contributed by atoms with E-state index in [1.807, 2.05) is 47.4 Å². The summed E-state index contributed by atoms with van der Waals surface area (Å²) in [4.78, 5) is 34.6. The monoisotopic (exact) mass is 417 g/mol. The minimum atomic E-state index is -0.0394. The number of hydrogen-bond acceptors (Lipinski definition) is 4. The summed E-state index contributed by atoms with van der Waals surface area (Å²) in [7, 11) is 1.58. The van der Waals surface area contributed by atoms with Crippen LogP contribution in [0.5, 0.6) is 5.75 Å². The predicted molar refractivity (Wildman–Crippen MR) is 121 cm³/mol. The van der Waals surface area contributed by atoms with Crippen molar-refractivity contribution in [2.45, 2.75) is 19.8 Å². The summed E-state index contributed by atoms with van der Waals surface area (Å²) in [5.41, 5.74) is 3.03. The Morgan fingerprint density at radius 1 is 0.903 bits per heavy atom. The van der Waals surface area contributed by atoms with Crippen LogP contribution in [0.25, 0.3) is 10.9 Å². The molecule has 1 aliphatic heterocycles. The molecule has 0 saturated carbocycles. The Kier molecular flexibility index (Phi) is 5.89. The Morgan fingerprint density at radius 3 is 2.26 bits per heavy atom. The van der Waals surface area contributed by atoms with Crippen LogP contribution in [0.2, 0.25) is 0 Å². The number of para-hydroxylation sites is 1. The van der Waals surface area contributed by atoms with Crippen molar-refractivity contribution >= 4 is 22.7 Å². The van der Waals surface area contributed by atoms with Gasteiger partial charge in [0, 0.05) is 42.8 Å². The van der Waals surface area contributed by atoms with Crippen molar-refractivity contribution in [3.05, 3.63) is 71.4 Å². The Bertz CT molecular complexity index is 1120. The lowest BCUT2D eigenvalue weighted by Gasteiger charge is -2.35. The third kappa shape index (κ3) is 4.24. The van der Waals surface area contributed by atoms with Crippen LogP contribution in [0.3, 0.4) is 0 Å². The van der Waals surface area contributed by atoms with Gasteiger partial charge < -0.3 is 14.5 Å². The standard InChI is InChI=1S/C25H27N3O3/c1-17(2)23-16-21(20-9-4-5-10-22(20)26-23)25(30)28-13-11-27(12-14-28)24(29)18-7-6-8-19(15-18)31-3/h4-10,15-17H,11-14H2,1-3H3. The lowest BCUT2D eigenvalue weighted by atomic mass is 10.0. The summed E-state index contributed by atoms with van der Waals surface area (Å²) in [6, 6.07) is 16.9. The van der Waals surface area contributed by atoms with Gasteiger partial charge in [0.1, 0.15) is 5.75 Å². The Hall–Kier alpha value is -3.41. The van der Waals surface area contributed by atoms with Gasteiger partial charge in [-0.15, -0.1) is 0 Å². The van der Waals surface area contributed by atoms with E-state index in [1.165, 1.54) is 0 Å². The largest absolute Gasteiger partial charge is 0.497 e. The summed E-state index contributed by atoms with van der Waals surface area (Å²) in [6.07, 6.45) is 0. The molecule has 0 bridgehead atoms. The number of nitrogens with zero attached hydrogens (tertiary/aromatic N) is 3. The summed E-state index contributed by atoms with van der Waals surface area (Å²) in [6.45, 7) is 6.16. The molecule has 1 aliphatic rings. The van der Waals surface area contributed by atoms with Gasteiger partial charge in [0.15, 0.2) is 0 Å². The number of pyridine rings is 1. The smallest absolute Gasteiger partial charge is 0.254 e. The molecule has 2 amide bonds. The fourth-order valence-corrected chi connectivity index (χ4v) is 3.89. The van der Waals surface area contributed by atoms with E-state index in [-0.39, 0.29) is 17.7 Å². The fraction of sp³-hybridized carbons (Fsp3) is 0.320. The second kappa shape index (κ2) is 8.76. The lowest BCUT2D eigenvalue weighted by Crippen LogP contribution is -2.50. The molecule has 0 unspecified atom stereocenters. The number of ether oxygens (including phenoxy) is 1. The molecule has 6 nitrogen and oxygen atoms in total. The van der Waals surface area contributed by atoms with E-state index < -0.39 is 0 Å². The van der Waals surface area contributed by atoms with Crippen molar-refractivity contribution in [1.29, 1.82) is 0 Å². The summed E-state index contributed by atoms with van der Waals surface area (Å²) >= 11 is 0. The maximum absolute atomic E-state index is 13.4. The highest BCUT2D eigenvalue weighted by Gasteiger charge is 2.27. The maximum Gasteiger partial charge on any atom is 0.254 e. The zero-order valence-corrected chi connectivity index (χ0v) is 18.2. The van der Waals surface area contributed by atoms with E-state index in [2.05, 4.69) is 13.8 Å². The van der Waals surface area contributed by atoms with Crippen LogP contribution in [0.15, 0.2) is 54.6 Å². The molecule has 0 atom stereocenters. The van der Waals surface area contributed by atoms with E-state index in [4.69, 9.17) is 9.72 Å². The Labute approximate surface area is 182 Å². The van der Waals surface area contributed by atoms with Crippen LogP contribution < -0.4 is 4.74 Å². The van der Waals surface area contributed by atoms with Gasteiger partial charge in [0.2, 0.25) is 0 Å². The number of rotatable bonds is 4. The maximum atomic E-state index is 13.4. The number of hydrogen-bond donors (Lipinski definition) is 0. The van der Waals surface area contributed by atoms with Crippen LogP contribution in [0.4, 0.5) is 0 Å². The third-order valence-corrected chi connectivity index (χ3v) is 5.73. The molecule has 6 heteroatoms. The van der Waals surface area contributed by atoms with E-state index in [0.29, 0.717) is 43.1 Å². The number of piperazine rings is 1. The van der Waals surface area contributed by atoms with Crippen LogP contribution in [-0.4, -0.2) is 59.9 Å². The molecule has 0 radical (unpaired) electrons. The quantitative estimate of drug-likeness (QED) is 0.645. The highest BCUT2D eigenvalue weighted by Crippen LogP contribution is 2.24. The molecule has 4 rings (SSSR count). The first-order valence-corrected chi connectivity index (χ1v) is 10.6. The van der Waals surface area contributed by atoms with Crippen molar-refractivity contribution in [3.63, 3.8) is 0 Å². The molecule has 3 aromatic rings. The Morgan fingerprint density at radius 2 is 1.58 bits per heavy atom. The fourth-order valence-electron chi connectivity index (χ4n) is 3.89. The van der Waals surface area contributed by atoms with Crippen LogP contribution in [-0.2, 0) is 0 Å². The molecule has 2 aromatic carbocycles. The number of aromatic nitrogens is 1. The molecule has 0 N–H and O–H groups in total. The average molecular weight is 418 g/mol. The number of amides is 2. The van der Waals surface area contributed by atoms with E-state index in [0.717, 1.165) is 16.6 Å². The number of fused-ring (bicyclic) bond motifs is 1. The third-order valence-electron chi connectivity index (χ3n) is 5.73. The van der Waals surface area contributed by atoms with E-state index >= 15 is 0 Å². The van der Waals surface area contributed by atoms with Gasteiger partial charge in [0.25, 0.3) is 11.8 Å². The molecule has 2 heterocycles. The van der Waals surface area contributed by atoms with E-state index in [1.54, 1.807) is 24.1 Å². The number of benzene rings is 2. The van der Waals surface area contributed by atoms with Gasteiger partial charge in [-0.25, -0.2) is 0 Å². The second-order valence-corrected chi connectivity index (χ2v) is 8.08. The molecular formula is C25H27N3O3. The van der Waals surface area contributed by atoms with Crippen LogP contribution in [0, 0.1) is 0 Å². The minimum Gasteiger partial charge on any atom is -0.497 e. The molecule has 0 spiro atoms. The molecule has 1 saturated heterocycles. The van der Waals surface area contributed by atoms with Crippen LogP contribution in [0.1, 0.15) is 46.2 Å². The normalized spacial score (nSPS) is 14.2. The SMILES string of the molecule is COc1cccc(C(=O)N2CCN(C(=O)c3cc(C(C)C)nc4ccccc34)CC2)c1. The van der Waals surface area contributed by atoms with Crippen molar-refractivity contribution < 1.29 is 14.3 Å². The molecule has 1 fully saturated rings. The number of carbonyl (C=O) groups is 2. The van der Waals surface area contributed by atoms with Gasteiger partial charge in [-0.2, -0.15) is 0 Å². The van der Waals surface area contributed by atoms with Gasteiger partial charge in [-0.3, -0.25) is 14.6 Å². The summed E-state index contributed by atoms with van der Waals surface area (Å²) in [5, 5.41) is 0.867. The van der Waals surface area contributed by atoms with Crippen molar-refractivity contribution in [2.75, 3.05) is 33.3 Å². The molecule has 1 aromatic heterocycles. The first-order chi connectivity index (χ1) is 15.0. The van der Waals surface area contributed by atoms with Crippen LogP contribution >= 0.6 is 0 Å².